The van der Waals surface area contributed by atoms with Crippen LogP contribution in [0.15, 0.2) is 0 Å². The van der Waals surface area contributed by atoms with Crippen molar-refractivity contribution in [2.24, 2.45) is 0 Å². The van der Waals surface area contributed by atoms with Gasteiger partial charge < -0.3 is 11.1 Å². The van der Waals surface area contributed by atoms with Gasteiger partial charge in [-0.3, -0.25) is 9.89 Å². The predicted molar refractivity (Wildman–Crippen MR) is 67.4 cm³/mol. The zero-order valence-electron chi connectivity index (χ0n) is 10.3. The summed E-state index contributed by atoms with van der Waals surface area (Å²) in [5.41, 5.74) is 7.39. The number of nitrogens with two attached hydrogens (primary N) is 1. The highest BCUT2D eigenvalue weighted by atomic mass is 16.1. The van der Waals surface area contributed by atoms with E-state index in [0.717, 1.165) is 18.5 Å². The number of amides is 1. The van der Waals surface area contributed by atoms with Crippen LogP contribution in [0.5, 0.6) is 0 Å². The molecule has 1 amide bonds. The predicted octanol–water partition coefficient (Wildman–Crippen LogP) is 1.09. The van der Waals surface area contributed by atoms with Crippen molar-refractivity contribution in [3.63, 3.8) is 0 Å². The second kappa shape index (κ2) is 6.59. The van der Waals surface area contributed by atoms with Crippen molar-refractivity contribution in [1.82, 2.24) is 15.5 Å². The number of hydrogen-bond acceptors (Lipinski definition) is 3. The molecule has 1 aromatic rings. The zero-order valence-corrected chi connectivity index (χ0v) is 10.3. The molecule has 0 aliphatic carbocycles. The Morgan fingerprint density at radius 3 is 3.00 bits per heavy atom. The fourth-order valence-electron chi connectivity index (χ4n) is 1.45. The van der Waals surface area contributed by atoms with Crippen LogP contribution in [0, 0.1) is 11.8 Å². The van der Waals surface area contributed by atoms with Crippen molar-refractivity contribution in [2.75, 3.05) is 12.3 Å². The van der Waals surface area contributed by atoms with Gasteiger partial charge in [0.15, 0.2) is 5.69 Å². The van der Waals surface area contributed by atoms with Gasteiger partial charge in [-0.25, -0.2) is 0 Å². The molecular formula is C12H18N4O. The smallest absolute Gasteiger partial charge is 0.273 e. The van der Waals surface area contributed by atoms with Crippen LogP contribution in [-0.2, 0) is 6.42 Å². The van der Waals surface area contributed by atoms with Crippen LogP contribution in [-0.4, -0.2) is 22.6 Å². The molecule has 0 saturated carbocycles. The average Bonchev–Trinajstić information content (AvgIpc) is 2.67. The van der Waals surface area contributed by atoms with Crippen LogP contribution in [0.1, 0.15) is 42.9 Å². The summed E-state index contributed by atoms with van der Waals surface area (Å²) in [7, 11) is 0. The average molecular weight is 234 g/mol. The first-order chi connectivity index (χ1) is 8.20. The Hall–Kier alpha value is -1.96. The van der Waals surface area contributed by atoms with E-state index in [1.165, 1.54) is 0 Å². The maximum atomic E-state index is 11.7. The molecule has 1 heterocycles. The third-order valence-corrected chi connectivity index (χ3v) is 2.31. The highest BCUT2D eigenvalue weighted by molar-refractivity contribution is 5.97. The molecule has 5 heteroatoms. The lowest BCUT2D eigenvalue weighted by molar-refractivity contribution is 0.0950. The van der Waals surface area contributed by atoms with Gasteiger partial charge in [0.25, 0.3) is 5.91 Å². The van der Waals surface area contributed by atoms with Crippen LogP contribution in [0.2, 0.25) is 0 Å². The number of carbonyl (C=O) groups is 1. The summed E-state index contributed by atoms with van der Waals surface area (Å²) in [6.07, 6.45) is 2.39. The van der Waals surface area contributed by atoms with E-state index in [0.29, 0.717) is 18.7 Å². The van der Waals surface area contributed by atoms with Gasteiger partial charge in [0, 0.05) is 13.0 Å². The summed E-state index contributed by atoms with van der Waals surface area (Å²) in [5.74, 6) is 5.39. The fourth-order valence-corrected chi connectivity index (χ4v) is 1.45. The molecule has 0 aliphatic heterocycles. The molecule has 92 valence electrons. The second-order valence-corrected chi connectivity index (χ2v) is 3.65. The van der Waals surface area contributed by atoms with Crippen molar-refractivity contribution in [3.8, 4) is 11.8 Å². The number of aromatic nitrogens is 2. The van der Waals surface area contributed by atoms with E-state index in [-0.39, 0.29) is 11.6 Å². The summed E-state index contributed by atoms with van der Waals surface area (Å²) in [5, 5.41) is 9.45. The Bertz CT molecular complexity index is 439. The Kier molecular flexibility index (Phi) is 5.08. The molecule has 17 heavy (non-hydrogen) atoms. The highest BCUT2D eigenvalue weighted by Gasteiger charge is 2.15. The van der Waals surface area contributed by atoms with E-state index < -0.39 is 0 Å². The van der Waals surface area contributed by atoms with Gasteiger partial charge in [0.05, 0.1) is 11.4 Å². The number of nitrogens with one attached hydrogen (secondary N) is 2. The molecule has 0 unspecified atom stereocenters. The first-order valence-electron chi connectivity index (χ1n) is 5.71. The monoisotopic (exact) mass is 234 g/mol. The standard InChI is InChI=1S/C12H18N4O/c1-3-5-6-8-14-12(17)11-10(13)9(7-4-2)15-16-11/h4,6-8,13H2,1-2H3,(H,14,17)(H,15,16). The second-order valence-electron chi connectivity index (χ2n) is 3.65. The number of H-pyrrole nitrogens is 1. The molecule has 0 radical (unpaired) electrons. The van der Waals surface area contributed by atoms with E-state index in [9.17, 15) is 4.79 Å². The highest BCUT2D eigenvalue weighted by Crippen LogP contribution is 2.15. The van der Waals surface area contributed by atoms with Gasteiger partial charge >= 0.3 is 0 Å². The number of aryl methyl sites for hydroxylation is 1. The molecule has 4 N–H and O–H groups in total. The topological polar surface area (TPSA) is 83.8 Å². The van der Waals surface area contributed by atoms with Gasteiger partial charge in [0.2, 0.25) is 0 Å². The molecule has 0 fully saturated rings. The van der Waals surface area contributed by atoms with Gasteiger partial charge in [-0.15, -0.1) is 11.8 Å². The number of anilines is 1. The zero-order chi connectivity index (χ0) is 12.7. The molecule has 0 bridgehead atoms. The van der Waals surface area contributed by atoms with E-state index >= 15 is 0 Å². The molecule has 5 nitrogen and oxygen atoms in total. The lowest BCUT2D eigenvalue weighted by Gasteiger charge is -2.01. The molecule has 1 aromatic heterocycles. The normalized spacial score (nSPS) is 9.53. The van der Waals surface area contributed by atoms with Crippen LogP contribution < -0.4 is 11.1 Å². The largest absolute Gasteiger partial charge is 0.395 e. The van der Waals surface area contributed by atoms with Crippen LogP contribution in [0.25, 0.3) is 0 Å². The van der Waals surface area contributed by atoms with E-state index in [2.05, 4.69) is 27.4 Å². The summed E-state index contributed by atoms with van der Waals surface area (Å²) < 4.78 is 0. The Balaban J connectivity index is 2.58. The lowest BCUT2D eigenvalue weighted by Crippen LogP contribution is -2.25. The SMILES string of the molecule is CC#CCCNC(=O)c1n[nH]c(CCC)c1N. The number of nitrogens with zero attached hydrogens (tertiary/aromatic N) is 1. The first-order valence-corrected chi connectivity index (χ1v) is 5.71. The molecule has 0 saturated heterocycles. The van der Waals surface area contributed by atoms with Gasteiger partial charge in [-0.1, -0.05) is 13.3 Å². The quantitative estimate of drug-likeness (QED) is 0.526. The maximum absolute atomic E-state index is 11.7. The Labute approximate surface area is 101 Å². The van der Waals surface area contributed by atoms with Crippen molar-refractivity contribution < 1.29 is 4.79 Å². The summed E-state index contributed by atoms with van der Waals surface area (Å²) >= 11 is 0. The van der Waals surface area contributed by atoms with Crippen LogP contribution in [0.3, 0.4) is 0 Å². The number of nitrogen functional groups attached to an aromatic ring is 1. The summed E-state index contributed by atoms with van der Waals surface area (Å²) in [6, 6.07) is 0. The van der Waals surface area contributed by atoms with Gasteiger partial charge in [-0.2, -0.15) is 5.10 Å². The van der Waals surface area contributed by atoms with Gasteiger partial charge in [0.1, 0.15) is 0 Å². The Morgan fingerprint density at radius 2 is 2.35 bits per heavy atom. The third-order valence-electron chi connectivity index (χ3n) is 2.31. The molecule has 0 atom stereocenters. The molecule has 0 aromatic carbocycles. The first kappa shape index (κ1) is 13.1. The minimum atomic E-state index is -0.251. The number of carbonyl (C=O) groups excluding carboxylic acids is 1. The van der Waals surface area contributed by atoms with Crippen molar-refractivity contribution in [2.45, 2.75) is 33.1 Å². The molecular weight excluding hydrogens is 216 g/mol. The minimum Gasteiger partial charge on any atom is -0.395 e. The fraction of sp³-hybridized carbons (Fsp3) is 0.500. The van der Waals surface area contributed by atoms with E-state index in [1.807, 2.05) is 6.92 Å². The summed E-state index contributed by atoms with van der Waals surface area (Å²) in [4.78, 5) is 11.7. The number of hydrogen-bond donors (Lipinski definition) is 3. The van der Waals surface area contributed by atoms with Gasteiger partial charge in [-0.05, 0) is 13.3 Å². The van der Waals surface area contributed by atoms with E-state index in [4.69, 9.17) is 5.73 Å². The van der Waals surface area contributed by atoms with E-state index in [1.54, 1.807) is 6.92 Å². The number of aromatic amines is 1. The third kappa shape index (κ3) is 3.52. The lowest BCUT2D eigenvalue weighted by atomic mass is 10.2. The van der Waals surface area contributed by atoms with Crippen molar-refractivity contribution >= 4 is 11.6 Å². The molecule has 0 aliphatic rings. The molecule has 0 spiro atoms. The number of rotatable bonds is 5. The summed E-state index contributed by atoms with van der Waals surface area (Å²) in [6.45, 7) is 4.32. The minimum absolute atomic E-state index is 0.251. The van der Waals surface area contributed by atoms with Crippen molar-refractivity contribution in [3.05, 3.63) is 11.4 Å². The van der Waals surface area contributed by atoms with Crippen LogP contribution in [0.4, 0.5) is 5.69 Å². The van der Waals surface area contributed by atoms with Crippen LogP contribution >= 0.6 is 0 Å². The maximum Gasteiger partial charge on any atom is 0.273 e. The Morgan fingerprint density at radius 1 is 1.59 bits per heavy atom. The van der Waals surface area contributed by atoms with Crippen molar-refractivity contribution in [1.29, 1.82) is 0 Å². The molecule has 1 rings (SSSR count).